The van der Waals surface area contributed by atoms with Crippen LogP contribution in [0.2, 0.25) is 0 Å². The Balaban J connectivity index is 1.45. The SMILES string of the molecule is CC1CCCN(C(=O)N2CC(N3CCNCC3)C2)C1. The molecule has 3 aliphatic heterocycles. The van der Waals surface area contributed by atoms with E-state index in [1.54, 1.807) is 0 Å². The normalized spacial score (nSPS) is 30.3. The summed E-state index contributed by atoms with van der Waals surface area (Å²) >= 11 is 0. The quantitative estimate of drug-likeness (QED) is 0.748. The van der Waals surface area contributed by atoms with E-state index >= 15 is 0 Å². The van der Waals surface area contributed by atoms with Crippen molar-refractivity contribution < 1.29 is 4.79 Å². The monoisotopic (exact) mass is 266 g/mol. The third-order valence-electron chi connectivity index (χ3n) is 4.73. The lowest BCUT2D eigenvalue weighted by Gasteiger charge is -2.48. The number of piperazine rings is 1. The van der Waals surface area contributed by atoms with Gasteiger partial charge in [-0.3, -0.25) is 4.90 Å². The maximum atomic E-state index is 12.4. The Bertz CT molecular complexity index is 323. The van der Waals surface area contributed by atoms with E-state index in [0.717, 1.165) is 52.4 Å². The van der Waals surface area contributed by atoms with Crippen LogP contribution >= 0.6 is 0 Å². The van der Waals surface area contributed by atoms with Crippen LogP contribution < -0.4 is 5.32 Å². The number of nitrogens with zero attached hydrogens (tertiary/aromatic N) is 3. The van der Waals surface area contributed by atoms with Crippen molar-refractivity contribution in [3.05, 3.63) is 0 Å². The van der Waals surface area contributed by atoms with Crippen molar-refractivity contribution in [2.24, 2.45) is 5.92 Å². The number of carbonyl (C=O) groups is 1. The van der Waals surface area contributed by atoms with Gasteiger partial charge in [-0.1, -0.05) is 6.92 Å². The first kappa shape index (κ1) is 13.2. The van der Waals surface area contributed by atoms with E-state index in [1.807, 2.05) is 4.90 Å². The maximum Gasteiger partial charge on any atom is 0.320 e. The molecular formula is C14H26N4O. The summed E-state index contributed by atoms with van der Waals surface area (Å²) in [5.74, 6) is 0.669. The van der Waals surface area contributed by atoms with Gasteiger partial charge in [0.2, 0.25) is 0 Å². The largest absolute Gasteiger partial charge is 0.324 e. The van der Waals surface area contributed by atoms with E-state index < -0.39 is 0 Å². The molecule has 5 nitrogen and oxygen atoms in total. The Hall–Kier alpha value is -0.810. The minimum Gasteiger partial charge on any atom is -0.324 e. The molecule has 5 heteroatoms. The van der Waals surface area contributed by atoms with E-state index in [2.05, 4.69) is 22.0 Å². The number of rotatable bonds is 1. The number of likely N-dealkylation sites (tertiary alicyclic amines) is 2. The lowest BCUT2D eigenvalue weighted by molar-refractivity contribution is 0.0321. The van der Waals surface area contributed by atoms with Crippen LogP contribution in [0.25, 0.3) is 0 Å². The fourth-order valence-electron chi connectivity index (χ4n) is 3.45. The molecule has 1 unspecified atom stereocenters. The van der Waals surface area contributed by atoms with Crippen molar-refractivity contribution in [2.45, 2.75) is 25.8 Å². The summed E-state index contributed by atoms with van der Waals surface area (Å²) in [5, 5.41) is 3.38. The molecule has 0 spiro atoms. The van der Waals surface area contributed by atoms with Crippen LogP contribution in [0.15, 0.2) is 0 Å². The molecular weight excluding hydrogens is 240 g/mol. The Morgan fingerprint density at radius 2 is 1.79 bits per heavy atom. The highest BCUT2D eigenvalue weighted by Crippen LogP contribution is 2.21. The number of hydrogen-bond acceptors (Lipinski definition) is 3. The van der Waals surface area contributed by atoms with Gasteiger partial charge in [0.25, 0.3) is 0 Å². The van der Waals surface area contributed by atoms with Gasteiger partial charge in [0, 0.05) is 58.4 Å². The van der Waals surface area contributed by atoms with Crippen LogP contribution in [0.4, 0.5) is 4.79 Å². The molecule has 1 atom stereocenters. The summed E-state index contributed by atoms with van der Waals surface area (Å²) in [5.41, 5.74) is 0. The van der Waals surface area contributed by atoms with Crippen molar-refractivity contribution in [3.8, 4) is 0 Å². The zero-order valence-corrected chi connectivity index (χ0v) is 12.0. The molecule has 3 rings (SSSR count). The fraction of sp³-hybridized carbons (Fsp3) is 0.929. The fourth-order valence-corrected chi connectivity index (χ4v) is 3.45. The van der Waals surface area contributed by atoms with Gasteiger partial charge in [0.1, 0.15) is 0 Å². The molecule has 108 valence electrons. The second-order valence-electron chi connectivity index (χ2n) is 6.32. The molecule has 0 saturated carbocycles. The molecule has 0 aromatic heterocycles. The first-order chi connectivity index (χ1) is 9.24. The van der Waals surface area contributed by atoms with Gasteiger partial charge in [-0.05, 0) is 18.8 Å². The van der Waals surface area contributed by atoms with Crippen LogP contribution in [0.1, 0.15) is 19.8 Å². The van der Waals surface area contributed by atoms with Gasteiger partial charge in [-0.25, -0.2) is 4.79 Å². The van der Waals surface area contributed by atoms with Crippen LogP contribution in [-0.2, 0) is 0 Å². The number of nitrogens with one attached hydrogen (secondary N) is 1. The molecule has 0 aromatic rings. The molecule has 0 radical (unpaired) electrons. The summed E-state index contributed by atoms with van der Waals surface area (Å²) in [7, 11) is 0. The van der Waals surface area contributed by atoms with Gasteiger partial charge >= 0.3 is 6.03 Å². The van der Waals surface area contributed by atoms with E-state index in [4.69, 9.17) is 0 Å². The Morgan fingerprint density at radius 1 is 1.05 bits per heavy atom. The average molecular weight is 266 g/mol. The molecule has 0 bridgehead atoms. The van der Waals surface area contributed by atoms with Gasteiger partial charge in [-0.15, -0.1) is 0 Å². The van der Waals surface area contributed by atoms with E-state index in [-0.39, 0.29) is 6.03 Å². The zero-order valence-electron chi connectivity index (χ0n) is 12.0. The second-order valence-corrected chi connectivity index (χ2v) is 6.32. The highest BCUT2D eigenvalue weighted by atomic mass is 16.2. The number of carbonyl (C=O) groups excluding carboxylic acids is 1. The molecule has 3 saturated heterocycles. The van der Waals surface area contributed by atoms with Crippen LogP contribution in [0.5, 0.6) is 0 Å². The first-order valence-electron chi connectivity index (χ1n) is 7.72. The van der Waals surface area contributed by atoms with Crippen molar-refractivity contribution >= 4 is 6.03 Å². The number of piperidine rings is 1. The van der Waals surface area contributed by atoms with Crippen LogP contribution in [-0.4, -0.2) is 79.1 Å². The molecule has 0 aliphatic carbocycles. The summed E-state index contributed by atoms with van der Waals surface area (Å²) in [6.45, 7) is 10.5. The Labute approximate surface area is 115 Å². The summed E-state index contributed by atoms with van der Waals surface area (Å²) in [6.07, 6.45) is 2.44. The third kappa shape index (κ3) is 2.87. The molecule has 1 N–H and O–H groups in total. The van der Waals surface area contributed by atoms with E-state index in [9.17, 15) is 4.79 Å². The summed E-state index contributed by atoms with van der Waals surface area (Å²) in [6, 6.07) is 0.881. The second kappa shape index (κ2) is 5.67. The number of urea groups is 1. The third-order valence-corrected chi connectivity index (χ3v) is 4.73. The lowest BCUT2D eigenvalue weighted by atomic mass is 10.00. The van der Waals surface area contributed by atoms with Crippen molar-refractivity contribution in [2.75, 3.05) is 52.4 Å². The molecule has 3 aliphatic rings. The van der Waals surface area contributed by atoms with Crippen molar-refractivity contribution in [1.82, 2.24) is 20.0 Å². The number of hydrogen-bond donors (Lipinski definition) is 1. The molecule has 0 aromatic carbocycles. The standard InChI is InChI=1S/C14H26N4O/c1-12-3-2-6-17(9-12)14(19)18-10-13(11-18)16-7-4-15-5-8-16/h12-13,15H,2-11H2,1H3. The van der Waals surface area contributed by atoms with Crippen LogP contribution in [0.3, 0.4) is 0 Å². The molecule has 19 heavy (non-hydrogen) atoms. The van der Waals surface area contributed by atoms with Gasteiger partial charge in [0.05, 0.1) is 0 Å². The van der Waals surface area contributed by atoms with Gasteiger partial charge < -0.3 is 15.1 Å². The summed E-state index contributed by atoms with van der Waals surface area (Å²) < 4.78 is 0. The topological polar surface area (TPSA) is 38.8 Å². The van der Waals surface area contributed by atoms with Crippen LogP contribution in [0, 0.1) is 5.92 Å². The van der Waals surface area contributed by atoms with Gasteiger partial charge in [-0.2, -0.15) is 0 Å². The zero-order chi connectivity index (χ0) is 13.2. The predicted octanol–water partition coefficient (Wildman–Crippen LogP) is 0.428. The van der Waals surface area contributed by atoms with E-state index in [1.165, 1.54) is 12.8 Å². The average Bonchev–Trinajstić information content (AvgIpc) is 2.38. The highest BCUT2D eigenvalue weighted by Gasteiger charge is 2.37. The summed E-state index contributed by atoms with van der Waals surface area (Å²) in [4.78, 5) is 19.0. The maximum absolute atomic E-state index is 12.4. The van der Waals surface area contributed by atoms with Crippen molar-refractivity contribution in [1.29, 1.82) is 0 Å². The minimum atomic E-state index is 0.276. The predicted molar refractivity (Wildman–Crippen MR) is 75.2 cm³/mol. The highest BCUT2D eigenvalue weighted by molar-refractivity contribution is 5.75. The lowest BCUT2D eigenvalue weighted by Crippen LogP contribution is -2.66. The minimum absolute atomic E-state index is 0.276. The van der Waals surface area contributed by atoms with Crippen molar-refractivity contribution in [3.63, 3.8) is 0 Å². The Kier molecular flexibility index (Phi) is 3.93. The molecule has 2 amide bonds. The number of amides is 2. The Morgan fingerprint density at radius 3 is 2.47 bits per heavy atom. The molecule has 3 fully saturated rings. The van der Waals surface area contributed by atoms with E-state index in [0.29, 0.717) is 12.0 Å². The molecule has 3 heterocycles. The smallest absolute Gasteiger partial charge is 0.320 e. The van der Waals surface area contributed by atoms with Gasteiger partial charge in [0.15, 0.2) is 0 Å². The first-order valence-corrected chi connectivity index (χ1v) is 7.72.